The molecular formula is C27H39N3O2. The van der Waals surface area contributed by atoms with Crippen molar-refractivity contribution in [1.29, 1.82) is 0 Å². The highest BCUT2D eigenvalue weighted by Crippen LogP contribution is 2.32. The van der Waals surface area contributed by atoms with Crippen LogP contribution in [0.1, 0.15) is 69.8 Å². The Morgan fingerprint density at radius 1 is 1.06 bits per heavy atom. The summed E-state index contributed by atoms with van der Waals surface area (Å²) in [5.74, 6) is 0.927. The standard InChI is InChI=1S/C19H22N2O2.C8H17N/c1-3-4-12-21-18(23)17-11-10-16(15-8-6-5-7-9-15)20(17)13-19(21,2)14-22;1-7-3-5-8(9-2)6-4-7/h5-11,14H,3-4,12-13H2,1-2H3;7-9H,3-6H2,1-2H3. The van der Waals surface area contributed by atoms with E-state index in [1.807, 2.05) is 54.0 Å². The van der Waals surface area contributed by atoms with E-state index >= 15 is 0 Å². The van der Waals surface area contributed by atoms with Crippen molar-refractivity contribution >= 4 is 12.2 Å². The Labute approximate surface area is 193 Å². The van der Waals surface area contributed by atoms with Gasteiger partial charge in [0.15, 0.2) is 0 Å². The number of nitrogens with zero attached hydrogens (tertiary/aromatic N) is 2. The van der Waals surface area contributed by atoms with Gasteiger partial charge in [-0.1, -0.05) is 50.6 Å². The number of benzene rings is 1. The van der Waals surface area contributed by atoms with Crippen LogP contribution in [0.25, 0.3) is 11.3 Å². The van der Waals surface area contributed by atoms with E-state index in [1.54, 1.807) is 4.90 Å². The predicted octanol–water partition coefficient (Wildman–Crippen LogP) is 5.15. The monoisotopic (exact) mass is 437 g/mol. The summed E-state index contributed by atoms with van der Waals surface area (Å²) in [6, 6.07) is 14.6. The summed E-state index contributed by atoms with van der Waals surface area (Å²) in [6.45, 7) is 7.41. The summed E-state index contributed by atoms with van der Waals surface area (Å²) in [5, 5.41) is 3.32. The van der Waals surface area contributed by atoms with Crippen molar-refractivity contribution in [3.8, 4) is 11.3 Å². The Morgan fingerprint density at radius 3 is 2.31 bits per heavy atom. The fraction of sp³-hybridized carbons (Fsp3) is 0.556. The fourth-order valence-electron chi connectivity index (χ4n) is 4.78. The molecule has 0 spiro atoms. The van der Waals surface area contributed by atoms with Crippen LogP contribution in [0.4, 0.5) is 0 Å². The van der Waals surface area contributed by atoms with E-state index in [9.17, 15) is 9.59 Å². The molecule has 0 bridgehead atoms. The van der Waals surface area contributed by atoms with Crippen LogP contribution in [0.5, 0.6) is 0 Å². The number of carbonyl (C=O) groups is 2. The minimum atomic E-state index is -0.790. The van der Waals surface area contributed by atoms with Gasteiger partial charge in [0.1, 0.15) is 17.5 Å². The Morgan fingerprint density at radius 2 is 1.72 bits per heavy atom. The van der Waals surface area contributed by atoms with E-state index < -0.39 is 5.54 Å². The first kappa shape index (κ1) is 24.2. The van der Waals surface area contributed by atoms with E-state index in [0.717, 1.165) is 42.3 Å². The maximum absolute atomic E-state index is 12.9. The number of rotatable bonds is 6. The van der Waals surface area contributed by atoms with Gasteiger partial charge in [-0.2, -0.15) is 0 Å². The summed E-state index contributed by atoms with van der Waals surface area (Å²) in [7, 11) is 2.07. The first-order valence-electron chi connectivity index (χ1n) is 12.1. The molecule has 2 heterocycles. The van der Waals surface area contributed by atoms with Crippen LogP contribution in [0.15, 0.2) is 42.5 Å². The van der Waals surface area contributed by atoms with Crippen molar-refractivity contribution in [2.24, 2.45) is 5.92 Å². The molecule has 1 unspecified atom stereocenters. The Bertz CT molecular complexity index is 884. The molecule has 1 aromatic carbocycles. The molecule has 1 aliphatic heterocycles. The third-order valence-corrected chi connectivity index (χ3v) is 7.02. The number of carbonyl (C=O) groups excluding carboxylic acids is 2. The number of nitrogens with one attached hydrogen (secondary N) is 1. The molecule has 1 amide bonds. The average molecular weight is 438 g/mol. The number of unbranched alkanes of at least 4 members (excludes halogenated alkanes) is 1. The molecule has 1 aliphatic carbocycles. The van der Waals surface area contributed by atoms with Crippen LogP contribution in [-0.2, 0) is 11.3 Å². The van der Waals surface area contributed by atoms with Gasteiger partial charge in [-0.3, -0.25) is 4.79 Å². The van der Waals surface area contributed by atoms with Gasteiger partial charge in [-0.05, 0) is 69.7 Å². The molecule has 0 radical (unpaired) electrons. The average Bonchev–Trinajstić information content (AvgIpc) is 3.24. The number of aromatic nitrogens is 1. The highest BCUT2D eigenvalue weighted by molar-refractivity contribution is 5.97. The molecule has 1 fully saturated rings. The summed E-state index contributed by atoms with van der Waals surface area (Å²) in [6.07, 6.45) is 8.43. The molecule has 1 aromatic heterocycles. The van der Waals surface area contributed by atoms with E-state index in [-0.39, 0.29) is 5.91 Å². The zero-order valence-electron chi connectivity index (χ0n) is 20.1. The molecule has 174 valence electrons. The number of amides is 1. The van der Waals surface area contributed by atoms with Gasteiger partial charge in [-0.25, -0.2) is 0 Å². The van der Waals surface area contributed by atoms with Gasteiger partial charge in [0.2, 0.25) is 0 Å². The van der Waals surface area contributed by atoms with Gasteiger partial charge < -0.3 is 19.6 Å². The second kappa shape index (κ2) is 11.0. The molecule has 32 heavy (non-hydrogen) atoms. The van der Waals surface area contributed by atoms with Gasteiger partial charge in [0.05, 0.1) is 6.54 Å². The zero-order chi connectivity index (χ0) is 23.1. The van der Waals surface area contributed by atoms with Crippen LogP contribution in [0, 0.1) is 5.92 Å². The van der Waals surface area contributed by atoms with E-state index in [1.165, 1.54) is 25.7 Å². The summed E-state index contributed by atoms with van der Waals surface area (Å²) >= 11 is 0. The van der Waals surface area contributed by atoms with Crippen molar-refractivity contribution in [2.45, 2.75) is 77.4 Å². The lowest BCUT2D eigenvalue weighted by atomic mass is 9.87. The molecule has 2 aliphatic rings. The smallest absolute Gasteiger partial charge is 0.271 e. The zero-order valence-corrected chi connectivity index (χ0v) is 20.1. The van der Waals surface area contributed by atoms with Crippen LogP contribution >= 0.6 is 0 Å². The summed E-state index contributed by atoms with van der Waals surface area (Å²) in [5.41, 5.74) is 1.92. The van der Waals surface area contributed by atoms with Crippen LogP contribution in [-0.4, -0.2) is 46.8 Å². The topological polar surface area (TPSA) is 54.3 Å². The highest BCUT2D eigenvalue weighted by atomic mass is 16.2. The number of hydrogen-bond acceptors (Lipinski definition) is 3. The van der Waals surface area contributed by atoms with Gasteiger partial charge >= 0.3 is 0 Å². The summed E-state index contributed by atoms with van der Waals surface area (Å²) in [4.78, 5) is 26.4. The quantitative estimate of drug-likeness (QED) is 0.636. The molecule has 1 atom stereocenters. The first-order chi connectivity index (χ1) is 15.4. The van der Waals surface area contributed by atoms with E-state index in [0.29, 0.717) is 18.8 Å². The molecule has 5 nitrogen and oxygen atoms in total. The molecule has 1 N–H and O–H groups in total. The maximum Gasteiger partial charge on any atom is 0.271 e. The lowest BCUT2D eigenvalue weighted by Crippen LogP contribution is -2.57. The van der Waals surface area contributed by atoms with Gasteiger partial charge in [0, 0.05) is 18.3 Å². The molecule has 0 saturated heterocycles. The van der Waals surface area contributed by atoms with E-state index in [4.69, 9.17) is 0 Å². The van der Waals surface area contributed by atoms with Crippen molar-refractivity contribution in [2.75, 3.05) is 13.6 Å². The van der Waals surface area contributed by atoms with Crippen molar-refractivity contribution < 1.29 is 9.59 Å². The van der Waals surface area contributed by atoms with Crippen LogP contribution in [0.2, 0.25) is 0 Å². The normalized spacial score (nSPS) is 25.0. The third kappa shape index (κ3) is 5.32. The van der Waals surface area contributed by atoms with E-state index in [2.05, 4.69) is 26.2 Å². The highest BCUT2D eigenvalue weighted by Gasteiger charge is 2.42. The van der Waals surface area contributed by atoms with Crippen molar-refractivity contribution in [3.05, 3.63) is 48.2 Å². The molecule has 4 rings (SSSR count). The number of fused-ring (bicyclic) bond motifs is 1. The van der Waals surface area contributed by atoms with Crippen molar-refractivity contribution in [1.82, 2.24) is 14.8 Å². The number of aldehydes is 1. The SMILES string of the molecule is CCCCN1C(=O)c2ccc(-c3ccccc3)n2CC1(C)C=O.CNC1CCC(C)CC1. The minimum Gasteiger partial charge on any atom is -0.334 e. The number of hydrogen-bond donors (Lipinski definition) is 1. The largest absolute Gasteiger partial charge is 0.334 e. The van der Waals surface area contributed by atoms with Crippen LogP contribution < -0.4 is 5.32 Å². The maximum atomic E-state index is 12.9. The third-order valence-electron chi connectivity index (χ3n) is 7.02. The summed E-state index contributed by atoms with van der Waals surface area (Å²) < 4.78 is 1.98. The second-order valence-electron chi connectivity index (χ2n) is 9.59. The first-order valence-corrected chi connectivity index (χ1v) is 12.1. The fourth-order valence-corrected chi connectivity index (χ4v) is 4.78. The molecule has 2 aromatic rings. The predicted molar refractivity (Wildman–Crippen MR) is 131 cm³/mol. The Kier molecular flexibility index (Phi) is 8.30. The Hall–Kier alpha value is -2.40. The van der Waals surface area contributed by atoms with Gasteiger partial charge in [-0.15, -0.1) is 0 Å². The van der Waals surface area contributed by atoms with Gasteiger partial charge in [0.25, 0.3) is 5.91 Å². The molecular weight excluding hydrogens is 398 g/mol. The minimum absolute atomic E-state index is 0.0542. The Balaban J connectivity index is 0.000000269. The molecule has 5 heteroatoms. The molecule has 1 saturated carbocycles. The lowest BCUT2D eigenvalue weighted by molar-refractivity contribution is -0.117. The van der Waals surface area contributed by atoms with Crippen LogP contribution in [0.3, 0.4) is 0 Å². The van der Waals surface area contributed by atoms with Crippen molar-refractivity contribution in [3.63, 3.8) is 0 Å². The second-order valence-corrected chi connectivity index (χ2v) is 9.59. The lowest BCUT2D eigenvalue weighted by Gasteiger charge is -2.42.